The molecule has 1 aromatic heterocycles. The Hall–Kier alpha value is -2.56. The second kappa shape index (κ2) is 5.67. The van der Waals surface area contributed by atoms with Crippen molar-refractivity contribution in [2.75, 3.05) is 17.7 Å². The first-order valence-electron chi connectivity index (χ1n) is 7.41. The highest BCUT2D eigenvalue weighted by atomic mass is 16.5. The quantitative estimate of drug-likeness (QED) is 0.848. The molecule has 1 aromatic carbocycles. The van der Waals surface area contributed by atoms with E-state index in [1.54, 1.807) is 18.3 Å². The Morgan fingerprint density at radius 2 is 2.18 bits per heavy atom. The molecule has 5 heteroatoms. The van der Waals surface area contributed by atoms with Gasteiger partial charge in [-0.25, -0.2) is 9.78 Å². The van der Waals surface area contributed by atoms with Crippen LogP contribution < -0.4 is 11.1 Å². The molecule has 0 saturated carbocycles. The van der Waals surface area contributed by atoms with Gasteiger partial charge in [0.05, 0.1) is 12.3 Å². The summed E-state index contributed by atoms with van der Waals surface area (Å²) in [4.78, 5) is 17.0. The number of rotatable bonds is 4. The van der Waals surface area contributed by atoms with E-state index in [0.717, 1.165) is 17.5 Å². The zero-order valence-electron chi connectivity index (χ0n) is 12.5. The van der Waals surface area contributed by atoms with E-state index in [2.05, 4.69) is 10.3 Å². The summed E-state index contributed by atoms with van der Waals surface area (Å²) >= 11 is 0. The standard InChI is InChI=1S/C17H19N3O2/c1-2-22-16(21)17(20-15-14(18)8-5-11-19-15)10-9-12-6-3-4-7-13(12)17/h3-8,11H,2,9-10,18H2,1H3,(H,19,20). The highest BCUT2D eigenvalue weighted by molar-refractivity contribution is 5.88. The minimum absolute atomic E-state index is 0.287. The Balaban J connectivity index is 2.06. The van der Waals surface area contributed by atoms with Crippen LogP contribution in [0.5, 0.6) is 0 Å². The molecule has 1 atom stereocenters. The smallest absolute Gasteiger partial charge is 0.336 e. The lowest BCUT2D eigenvalue weighted by molar-refractivity contribution is -0.149. The van der Waals surface area contributed by atoms with E-state index in [-0.39, 0.29) is 5.97 Å². The SMILES string of the molecule is CCOC(=O)C1(Nc2ncccc2N)CCc2ccccc21. The van der Waals surface area contributed by atoms with Crippen LogP contribution in [0.25, 0.3) is 0 Å². The number of nitrogen functional groups attached to an aromatic ring is 1. The first-order valence-corrected chi connectivity index (χ1v) is 7.41. The van der Waals surface area contributed by atoms with E-state index >= 15 is 0 Å². The zero-order valence-corrected chi connectivity index (χ0v) is 12.5. The molecule has 1 heterocycles. The van der Waals surface area contributed by atoms with Crippen molar-refractivity contribution in [1.29, 1.82) is 0 Å². The fraction of sp³-hybridized carbons (Fsp3) is 0.294. The van der Waals surface area contributed by atoms with E-state index in [9.17, 15) is 4.79 Å². The highest BCUT2D eigenvalue weighted by Gasteiger charge is 2.47. The number of hydrogen-bond donors (Lipinski definition) is 2. The monoisotopic (exact) mass is 297 g/mol. The molecule has 0 aliphatic heterocycles. The molecule has 0 amide bonds. The molecule has 3 N–H and O–H groups in total. The molecule has 0 bridgehead atoms. The van der Waals surface area contributed by atoms with Crippen LogP contribution in [0.1, 0.15) is 24.5 Å². The number of hydrogen-bond acceptors (Lipinski definition) is 5. The van der Waals surface area contributed by atoms with Crippen LogP contribution in [0.4, 0.5) is 11.5 Å². The summed E-state index contributed by atoms with van der Waals surface area (Å²) in [7, 11) is 0. The maximum absolute atomic E-state index is 12.7. The Morgan fingerprint density at radius 3 is 2.95 bits per heavy atom. The summed E-state index contributed by atoms with van der Waals surface area (Å²) in [6, 6.07) is 11.4. The summed E-state index contributed by atoms with van der Waals surface area (Å²) in [5, 5.41) is 3.25. The summed E-state index contributed by atoms with van der Waals surface area (Å²) in [5.41, 5.74) is 7.66. The summed E-state index contributed by atoms with van der Waals surface area (Å²) in [6.07, 6.45) is 3.09. The molecule has 1 unspecified atom stereocenters. The lowest BCUT2D eigenvalue weighted by Crippen LogP contribution is -2.43. The second-order valence-corrected chi connectivity index (χ2v) is 5.35. The first-order chi connectivity index (χ1) is 10.7. The lowest BCUT2D eigenvalue weighted by atomic mass is 9.91. The Kier molecular flexibility index (Phi) is 3.71. The largest absolute Gasteiger partial charge is 0.464 e. The van der Waals surface area contributed by atoms with Crippen molar-refractivity contribution in [2.24, 2.45) is 0 Å². The van der Waals surface area contributed by atoms with Gasteiger partial charge >= 0.3 is 5.97 Å². The molecular weight excluding hydrogens is 278 g/mol. The van der Waals surface area contributed by atoms with Crippen LogP contribution >= 0.6 is 0 Å². The molecule has 0 radical (unpaired) electrons. The van der Waals surface area contributed by atoms with Crippen molar-refractivity contribution in [2.45, 2.75) is 25.3 Å². The number of aromatic nitrogens is 1. The highest BCUT2D eigenvalue weighted by Crippen LogP contribution is 2.41. The molecule has 2 aromatic rings. The van der Waals surface area contributed by atoms with Gasteiger partial charge in [-0.05, 0) is 43.0 Å². The van der Waals surface area contributed by atoms with Gasteiger partial charge in [-0.2, -0.15) is 0 Å². The van der Waals surface area contributed by atoms with Crippen LogP contribution in [0, 0.1) is 0 Å². The minimum Gasteiger partial charge on any atom is -0.464 e. The van der Waals surface area contributed by atoms with Crippen molar-refractivity contribution in [3.8, 4) is 0 Å². The number of anilines is 2. The molecule has 1 aliphatic carbocycles. The van der Waals surface area contributed by atoms with E-state index in [1.165, 1.54) is 0 Å². The normalized spacial score (nSPS) is 19.5. The van der Waals surface area contributed by atoms with E-state index in [0.29, 0.717) is 24.5 Å². The number of esters is 1. The average molecular weight is 297 g/mol. The predicted octanol–water partition coefficient (Wildman–Crippen LogP) is 2.48. The van der Waals surface area contributed by atoms with Gasteiger partial charge < -0.3 is 15.8 Å². The van der Waals surface area contributed by atoms with Crippen molar-refractivity contribution >= 4 is 17.5 Å². The fourth-order valence-electron chi connectivity index (χ4n) is 2.98. The molecule has 0 saturated heterocycles. The molecule has 1 aliphatic rings. The van der Waals surface area contributed by atoms with Gasteiger partial charge in [0.15, 0.2) is 5.54 Å². The maximum atomic E-state index is 12.7. The van der Waals surface area contributed by atoms with Gasteiger partial charge in [0.2, 0.25) is 0 Å². The minimum atomic E-state index is -0.922. The second-order valence-electron chi connectivity index (χ2n) is 5.35. The number of benzene rings is 1. The van der Waals surface area contributed by atoms with E-state index < -0.39 is 5.54 Å². The summed E-state index contributed by atoms with van der Waals surface area (Å²) in [6.45, 7) is 2.14. The molecule has 3 rings (SSSR count). The van der Waals surface area contributed by atoms with Gasteiger partial charge in [0.1, 0.15) is 5.82 Å². The van der Waals surface area contributed by atoms with Gasteiger partial charge in [0, 0.05) is 6.20 Å². The number of fused-ring (bicyclic) bond motifs is 1. The third kappa shape index (κ3) is 2.28. The number of pyridine rings is 1. The molecule has 5 nitrogen and oxygen atoms in total. The topological polar surface area (TPSA) is 77.2 Å². The van der Waals surface area contributed by atoms with Crippen molar-refractivity contribution in [3.05, 3.63) is 53.7 Å². The van der Waals surface area contributed by atoms with Crippen molar-refractivity contribution < 1.29 is 9.53 Å². The molecular formula is C17H19N3O2. The number of carbonyl (C=O) groups excluding carboxylic acids is 1. The van der Waals surface area contributed by atoms with Crippen LogP contribution in [-0.2, 0) is 21.5 Å². The Morgan fingerprint density at radius 1 is 1.36 bits per heavy atom. The number of aryl methyl sites for hydroxylation is 1. The lowest BCUT2D eigenvalue weighted by Gasteiger charge is -2.30. The molecule has 114 valence electrons. The number of nitrogens with two attached hydrogens (primary N) is 1. The van der Waals surface area contributed by atoms with Gasteiger partial charge in [-0.15, -0.1) is 0 Å². The third-order valence-electron chi connectivity index (χ3n) is 4.04. The zero-order chi connectivity index (χ0) is 15.6. The number of ether oxygens (including phenoxy) is 1. The first kappa shape index (κ1) is 14.4. The van der Waals surface area contributed by atoms with Gasteiger partial charge in [-0.1, -0.05) is 24.3 Å². The molecule has 0 fully saturated rings. The van der Waals surface area contributed by atoms with E-state index in [4.69, 9.17) is 10.5 Å². The van der Waals surface area contributed by atoms with Crippen molar-refractivity contribution in [1.82, 2.24) is 4.98 Å². The maximum Gasteiger partial charge on any atom is 0.336 e. The Bertz CT molecular complexity index is 702. The number of carbonyl (C=O) groups is 1. The van der Waals surface area contributed by atoms with Crippen LogP contribution in [0.15, 0.2) is 42.6 Å². The van der Waals surface area contributed by atoms with Crippen molar-refractivity contribution in [3.63, 3.8) is 0 Å². The molecule has 22 heavy (non-hydrogen) atoms. The average Bonchev–Trinajstić information content (AvgIpc) is 2.90. The van der Waals surface area contributed by atoms with Crippen LogP contribution in [-0.4, -0.2) is 17.6 Å². The Labute approximate surface area is 129 Å². The van der Waals surface area contributed by atoms with E-state index in [1.807, 2.05) is 31.2 Å². The predicted molar refractivity (Wildman–Crippen MR) is 85.3 cm³/mol. The number of nitrogens with one attached hydrogen (secondary N) is 1. The summed E-state index contributed by atoms with van der Waals surface area (Å²) in [5.74, 6) is 0.220. The molecule has 0 spiro atoms. The van der Waals surface area contributed by atoms with Crippen LogP contribution in [0.3, 0.4) is 0 Å². The number of nitrogens with zero attached hydrogens (tertiary/aromatic N) is 1. The summed E-state index contributed by atoms with van der Waals surface area (Å²) < 4.78 is 5.33. The van der Waals surface area contributed by atoms with Crippen LogP contribution in [0.2, 0.25) is 0 Å². The third-order valence-corrected chi connectivity index (χ3v) is 4.04. The van der Waals surface area contributed by atoms with Gasteiger partial charge in [0.25, 0.3) is 0 Å². The van der Waals surface area contributed by atoms with Gasteiger partial charge in [-0.3, -0.25) is 0 Å². The fourth-order valence-corrected chi connectivity index (χ4v) is 2.98.